The average molecular weight is 335 g/mol. The normalized spacial score (nSPS) is 31.8. The molecule has 3 rings (SSSR count). The molecule has 0 aromatic carbocycles. The number of amides is 4. The summed E-state index contributed by atoms with van der Waals surface area (Å²) in [5.74, 6) is -0.162. The number of hydrogen-bond acceptors (Lipinski definition) is 3. The van der Waals surface area contributed by atoms with Crippen LogP contribution in [0.3, 0.4) is 0 Å². The molecule has 0 radical (unpaired) electrons. The van der Waals surface area contributed by atoms with Crippen molar-refractivity contribution in [2.24, 2.45) is 5.92 Å². The molecule has 1 saturated carbocycles. The summed E-state index contributed by atoms with van der Waals surface area (Å²) in [5.41, 5.74) is -0.772. The third-order valence-electron chi connectivity index (χ3n) is 6.00. The van der Waals surface area contributed by atoms with Gasteiger partial charge >= 0.3 is 6.03 Å². The zero-order valence-corrected chi connectivity index (χ0v) is 14.7. The zero-order valence-electron chi connectivity index (χ0n) is 14.7. The van der Waals surface area contributed by atoms with Crippen molar-refractivity contribution in [3.05, 3.63) is 0 Å². The number of nitrogens with zero attached hydrogens (tertiary/aromatic N) is 2. The van der Waals surface area contributed by atoms with Crippen LogP contribution in [0.4, 0.5) is 4.79 Å². The molecule has 3 fully saturated rings. The first-order valence-electron chi connectivity index (χ1n) is 9.46. The molecule has 1 aliphatic carbocycles. The van der Waals surface area contributed by atoms with E-state index in [2.05, 4.69) is 5.32 Å². The summed E-state index contributed by atoms with van der Waals surface area (Å²) in [6.07, 6.45) is 9.21. The number of imide groups is 1. The Morgan fingerprint density at radius 3 is 2.42 bits per heavy atom. The second-order valence-electron chi connectivity index (χ2n) is 7.59. The summed E-state index contributed by atoms with van der Waals surface area (Å²) in [6.45, 7) is 3.40. The molecule has 2 heterocycles. The van der Waals surface area contributed by atoms with Crippen molar-refractivity contribution in [3.8, 4) is 0 Å². The van der Waals surface area contributed by atoms with Crippen molar-refractivity contribution < 1.29 is 14.4 Å². The van der Waals surface area contributed by atoms with Crippen LogP contribution in [-0.2, 0) is 9.59 Å². The molecule has 2 saturated heterocycles. The van der Waals surface area contributed by atoms with E-state index >= 15 is 0 Å². The molecule has 6 heteroatoms. The van der Waals surface area contributed by atoms with Crippen LogP contribution in [-0.4, -0.2) is 52.8 Å². The Bertz CT molecular complexity index is 514. The number of urea groups is 1. The highest BCUT2D eigenvalue weighted by atomic mass is 16.2. The first-order chi connectivity index (χ1) is 11.5. The van der Waals surface area contributed by atoms with Crippen LogP contribution < -0.4 is 5.32 Å². The van der Waals surface area contributed by atoms with Gasteiger partial charge in [0.2, 0.25) is 5.91 Å². The number of carbonyl (C=O) groups excluding carboxylic acids is 3. The zero-order chi connectivity index (χ0) is 17.2. The van der Waals surface area contributed by atoms with Gasteiger partial charge < -0.3 is 10.2 Å². The van der Waals surface area contributed by atoms with E-state index in [1.807, 2.05) is 11.8 Å². The molecule has 4 amide bonds. The van der Waals surface area contributed by atoms with Gasteiger partial charge in [-0.3, -0.25) is 14.5 Å². The maximum absolute atomic E-state index is 12.9. The van der Waals surface area contributed by atoms with E-state index in [0.29, 0.717) is 6.42 Å². The second-order valence-corrected chi connectivity index (χ2v) is 7.59. The molecule has 3 aliphatic rings. The van der Waals surface area contributed by atoms with Crippen molar-refractivity contribution in [2.45, 2.75) is 70.3 Å². The lowest BCUT2D eigenvalue weighted by molar-refractivity contribution is -0.140. The van der Waals surface area contributed by atoms with Gasteiger partial charge in [0.25, 0.3) is 5.91 Å². The van der Waals surface area contributed by atoms with E-state index < -0.39 is 11.6 Å². The van der Waals surface area contributed by atoms with E-state index in [4.69, 9.17) is 0 Å². The fourth-order valence-corrected chi connectivity index (χ4v) is 4.37. The standard InChI is InChI=1S/C18H29N3O3/c1-14-9-5-6-10-18(14)16(23)21(17(24)19-18)13-15(22)20-11-7-3-2-4-8-12-20/h14H,2-13H2,1H3,(H,19,24)/t14-,18+/m0/s1. The predicted molar refractivity (Wildman–Crippen MR) is 90.3 cm³/mol. The minimum Gasteiger partial charge on any atom is -0.341 e. The van der Waals surface area contributed by atoms with E-state index in [1.54, 1.807) is 0 Å². The van der Waals surface area contributed by atoms with E-state index in [1.165, 1.54) is 6.42 Å². The van der Waals surface area contributed by atoms with Crippen molar-refractivity contribution in [1.82, 2.24) is 15.1 Å². The molecule has 0 aromatic rings. The summed E-state index contributed by atoms with van der Waals surface area (Å²) in [7, 11) is 0. The predicted octanol–water partition coefficient (Wildman–Crippen LogP) is 2.28. The second kappa shape index (κ2) is 7.11. The molecule has 1 N–H and O–H groups in total. The van der Waals surface area contributed by atoms with E-state index in [9.17, 15) is 14.4 Å². The minimum atomic E-state index is -0.772. The van der Waals surface area contributed by atoms with Crippen LogP contribution in [0.15, 0.2) is 0 Å². The molecule has 0 unspecified atom stereocenters. The van der Waals surface area contributed by atoms with Gasteiger partial charge in [-0.2, -0.15) is 0 Å². The van der Waals surface area contributed by atoms with Gasteiger partial charge in [0.05, 0.1) is 0 Å². The van der Waals surface area contributed by atoms with Crippen molar-refractivity contribution in [3.63, 3.8) is 0 Å². The van der Waals surface area contributed by atoms with Crippen LogP contribution in [0, 0.1) is 5.92 Å². The van der Waals surface area contributed by atoms with Gasteiger partial charge in [-0.25, -0.2) is 4.79 Å². The summed E-state index contributed by atoms with van der Waals surface area (Å²) in [6, 6.07) is -0.394. The van der Waals surface area contributed by atoms with Crippen LogP contribution in [0.1, 0.15) is 64.7 Å². The molecule has 2 aliphatic heterocycles. The first-order valence-corrected chi connectivity index (χ1v) is 9.46. The number of nitrogens with one attached hydrogen (secondary N) is 1. The molecule has 0 aromatic heterocycles. The monoisotopic (exact) mass is 335 g/mol. The number of carbonyl (C=O) groups is 3. The largest absolute Gasteiger partial charge is 0.341 e. The minimum absolute atomic E-state index is 0.0964. The van der Waals surface area contributed by atoms with Gasteiger partial charge in [-0.05, 0) is 31.6 Å². The summed E-state index contributed by atoms with van der Waals surface area (Å²) < 4.78 is 0. The Labute approximate surface area is 143 Å². The third kappa shape index (κ3) is 3.15. The maximum atomic E-state index is 12.9. The number of hydrogen-bond donors (Lipinski definition) is 1. The van der Waals surface area contributed by atoms with Crippen molar-refractivity contribution in [2.75, 3.05) is 19.6 Å². The highest BCUT2D eigenvalue weighted by molar-refractivity contribution is 6.09. The smallest absolute Gasteiger partial charge is 0.325 e. The quantitative estimate of drug-likeness (QED) is 0.787. The lowest BCUT2D eigenvalue weighted by atomic mass is 9.73. The molecule has 6 nitrogen and oxygen atoms in total. The highest BCUT2D eigenvalue weighted by Crippen LogP contribution is 2.38. The summed E-state index contributed by atoms with van der Waals surface area (Å²) >= 11 is 0. The van der Waals surface area contributed by atoms with Crippen molar-refractivity contribution >= 4 is 17.8 Å². The Morgan fingerprint density at radius 1 is 1.08 bits per heavy atom. The summed E-state index contributed by atoms with van der Waals surface area (Å²) in [5, 5.41) is 2.92. The van der Waals surface area contributed by atoms with E-state index in [-0.39, 0.29) is 24.3 Å². The van der Waals surface area contributed by atoms with Gasteiger partial charge in [0, 0.05) is 13.1 Å². The Kier molecular flexibility index (Phi) is 5.11. The maximum Gasteiger partial charge on any atom is 0.325 e. The lowest BCUT2D eigenvalue weighted by Gasteiger charge is -2.36. The van der Waals surface area contributed by atoms with Gasteiger partial charge in [0.1, 0.15) is 12.1 Å². The molecule has 2 atom stereocenters. The van der Waals surface area contributed by atoms with Crippen LogP contribution in [0.2, 0.25) is 0 Å². The molecule has 0 bridgehead atoms. The van der Waals surface area contributed by atoms with Crippen molar-refractivity contribution in [1.29, 1.82) is 0 Å². The topological polar surface area (TPSA) is 69.7 Å². The number of likely N-dealkylation sites (tertiary alicyclic amines) is 1. The van der Waals surface area contributed by atoms with Crippen LogP contribution in [0.25, 0.3) is 0 Å². The average Bonchev–Trinajstić information content (AvgIpc) is 2.75. The van der Waals surface area contributed by atoms with Crippen LogP contribution >= 0.6 is 0 Å². The summed E-state index contributed by atoms with van der Waals surface area (Å²) in [4.78, 5) is 40.9. The fraction of sp³-hybridized carbons (Fsp3) is 0.833. The Hall–Kier alpha value is -1.59. The van der Waals surface area contributed by atoms with E-state index in [0.717, 1.165) is 62.9 Å². The SMILES string of the molecule is C[C@H]1CCCC[C@@]12NC(=O)N(CC(=O)N1CCCCCCC1)C2=O. The van der Waals surface area contributed by atoms with Gasteiger partial charge in [-0.15, -0.1) is 0 Å². The molecular weight excluding hydrogens is 306 g/mol. The highest BCUT2D eigenvalue weighted by Gasteiger charge is 2.55. The first kappa shape index (κ1) is 17.2. The lowest BCUT2D eigenvalue weighted by Crippen LogP contribution is -2.54. The molecule has 24 heavy (non-hydrogen) atoms. The molecule has 1 spiro atoms. The molecule has 134 valence electrons. The fourth-order valence-electron chi connectivity index (χ4n) is 4.37. The number of rotatable bonds is 2. The molecular formula is C18H29N3O3. The Morgan fingerprint density at radius 2 is 1.75 bits per heavy atom. The van der Waals surface area contributed by atoms with Gasteiger partial charge in [-0.1, -0.05) is 39.0 Å². The Balaban J connectivity index is 1.67. The van der Waals surface area contributed by atoms with Gasteiger partial charge in [0.15, 0.2) is 0 Å². The third-order valence-corrected chi connectivity index (χ3v) is 6.00. The van der Waals surface area contributed by atoms with Crippen LogP contribution in [0.5, 0.6) is 0 Å².